The van der Waals surface area contributed by atoms with E-state index < -0.39 is 17.9 Å². The van der Waals surface area contributed by atoms with Crippen LogP contribution >= 0.6 is 11.3 Å². The SMILES string of the molecule is CNC(=O)CCCCC(=O)C[C@@H](C)C(=O)N[C@@H](C)C(=O)Cc1cc2cc(NC(=O)c3nc(NC(=O)CCCOc4cc5c(cc4OC)C(=O)N4c6ccccc6C[C@H]4CN5C)cn3C)ccc2s1. The largest absolute Gasteiger partial charge is 0.493 e. The third kappa shape index (κ3) is 11.5. The van der Waals surface area contributed by atoms with Crippen LogP contribution in [0, 0.1) is 5.92 Å². The molecule has 4 heterocycles. The minimum absolute atomic E-state index is 0.00538. The van der Waals surface area contributed by atoms with Gasteiger partial charge >= 0.3 is 0 Å². The monoisotopic (exact) mass is 946 g/mol. The topological polar surface area (TPSA) is 210 Å². The van der Waals surface area contributed by atoms with Gasteiger partial charge in [0, 0.05) is 98.9 Å². The number of hydrogen-bond donors (Lipinski definition) is 4. The molecule has 0 radical (unpaired) electrons. The van der Waals surface area contributed by atoms with Crippen LogP contribution in [0.4, 0.5) is 22.9 Å². The number of aromatic nitrogens is 2. The number of aryl methyl sites for hydroxylation is 1. The van der Waals surface area contributed by atoms with E-state index in [1.54, 1.807) is 52.3 Å². The number of nitrogens with zero attached hydrogens (tertiary/aromatic N) is 4. The number of ether oxygens (including phenoxy) is 2. The molecule has 68 heavy (non-hydrogen) atoms. The summed E-state index contributed by atoms with van der Waals surface area (Å²) in [5, 5.41) is 11.7. The van der Waals surface area contributed by atoms with Crippen LogP contribution in [-0.2, 0) is 43.9 Å². The number of rotatable bonds is 21. The van der Waals surface area contributed by atoms with Crippen LogP contribution in [0.25, 0.3) is 10.1 Å². The normalized spacial score (nSPS) is 14.8. The smallest absolute Gasteiger partial charge is 0.291 e. The second-order valence-electron chi connectivity index (χ2n) is 17.4. The first-order valence-corrected chi connectivity index (χ1v) is 23.6. The van der Waals surface area contributed by atoms with Crippen molar-refractivity contribution in [3.8, 4) is 11.5 Å². The molecule has 2 aromatic heterocycles. The van der Waals surface area contributed by atoms with Gasteiger partial charge in [0.25, 0.3) is 11.8 Å². The Hall–Kier alpha value is -7.08. The Kier molecular flexibility index (Phi) is 15.6. The van der Waals surface area contributed by atoms with Gasteiger partial charge in [0.1, 0.15) is 5.78 Å². The molecule has 358 valence electrons. The number of thiophene rings is 1. The summed E-state index contributed by atoms with van der Waals surface area (Å²) in [7, 11) is 6.71. The first kappa shape index (κ1) is 48.8. The van der Waals surface area contributed by atoms with Gasteiger partial charge in [0.05, 0.1) is 37.1 Å². The number of carbonyl (C=O) groups excluding carboxylic acids is 7. The zero-order chi connectivity index (χ0) is 48.6. The number of carbonyl (C=O) groups is 7. The second kappa shape index (κ2) is 21.7. The van der Waals surface area contributed by atoms with Crippen molar-refractivity contribution in [3.05, 3.63) is 88.7 Å². The third-order valence-corrected chi connectivity index (χ3v) is 13.4. The maximum atomic E-state index is 13.9. The Morgan fingerprint density at radius 1 is 0.882 bits per heavy atom. The number of methoxy groups -OCH3 is 1. The Labute approximate surface area is 398 Å². The summed E-state index contributed by atoms with van der Waals surface area (Å²) in [6.45, 7) is 4.14. The van der Waals surface area contributed by atoms with Crippen molar-refractivity contribution in [3.63, 3.8) is 0 Å². The zero-order valence-electron chi connectivity index (χ0n) is 39.2. The van der Waals surface area contributed by atoms with Crippen molar-refractivity contribution in [1.82, 2.24) is 20.2 Å². The molecular formula is C50H58N8O9S. The van der Waals surface area contributed by atoms with Crippen molar-refractivity contribution in [2.75, 3.05) is 54.8 Å². The molecule has 0 bridgehead atoms. The van der Waals surface area contributed by atoms with Gasteiger partial charge in [-0.3, -0.25) is 33.6 Å². The number of fused-ring (bicyclic) bond motifs is 5. The molecule has 2 aliphatic rings. The van der Waals surface area contributed by atoms with Crippen molar-refractivity contribution < 1.29 is 43.0 Å². The van der Waals surface area contributed by atoms with E-state index in [-0.39, 0.29) is 78.7 Å². The van der Waals surface area contributed by atoms with Crippen LogP contribution in [0.15, 0.2) is 66.9 Å². The Balaban J connectivity index is 0.862. The van der Waals surface area contributed by atoms with Gasteiger partial charge in [-0.05, 0) is 80.0 Å². The van der Waals surface area contributed by atoms with Crippen molar-refractivity contribution >= 4 is 85.4 Å². The van der Waals surface area contributed by atoms with E-state index in [1.165, 1.54) is 23.0 Å². The van der Waals surface area contributed by atoms with Crippen molar-refractivity contribution in [2.24, 2.45) is 13.0 Å². The number of hydrogen-bond acceptors (Lipinski definition) is 12. The highest BCUT2D eigenvalue weighted by Crippen LogP contribution is 2.42. The van der Waals surface area contributed by atoms with Gasteiger partial charge in [-0.2, -0.15) is 0 Å². The fourth-order valence-corrected chi connectivity index (χ4v) is 9.63. The maximum Gasteiger partial charge on any atom is 0.291 e. The number of unbranched alkanes of at least 4 members (excludes halogenated alkanes) is 1. The van der Waals surface area contributed by atoms with Crippen LogP contribution in [0.1, 0.15) is 90.2 Å². The number of nitrogens with one attached hydrogen (secondary N) is 4. The van der Waals surface area contributed by atoms with Gasteiger partial charge in [-0.25, -0.2) is 4.98 Å². The number of likely N-dealkylation sites (N-methyl/N-ethyl adjacent to an activating group) is 1. The first-order valence-electron chi connectivity index (χ1n) is 22.8. The van der Waals surface area contributed by atoms with Crippen LogP contribution in [-0.4, -0.2) is 97.1 Å². The molecule has 0 fully saturated rings. The van der Waals surface area contributed by atoms with Gasteiger partial charge in [0.15, 0.2) is 23.1 Å². The average Bonchev–Trinajstić information content (AvgIpc) is 3.99. The van der Waals surface area contributed by atoms with E-state index >= 15 is 0 Å². The lowest BCUT2D eigenvalue weighted by molar-refractivity contribution is -0.131. The molecule has 3 aromatic carbocycles. The number of ketones is 2. The summed E-state index contributed by atoms with van der Waals surface area (Å²) in [5.74, 6) is -0.975. The van der Waals surface area contributed by atoms with Crippen LogP contribution in [0.3, 0.4) is 0 Å². The molecule has 0 spiro atoms. The molecule has 5 aromatic rings. The lowest BCUT2D eigenvalue weighted by atomic mass is 9.99. The molecule has 17 nitrogen and oxygen atoms in total. The predicted molar refractivity (Wildman–Crippen MR) is 261 cm³/mol. The molecule has 2 aliphatic heterocycles. The van der Waals surface area contributed by atoms with Gasteiger partial charge in [0.2, 0.25) is 23.5 Å². The highest BCUT2D eigenvalue weighted by atomic mass is 32.1. The summed E-state index contributed by atoms with van der Waals surface area (Å²) in [5.41, 5.74) is 3.87. The number of anilines is 4. The number of para-hydroxylation sites is 1. The molecule has 7 rings (SSSR count). The van der Waals surface area contributed by atoms with Gasteiger partial charge < -0.3 is 45.1 Å². The van der Waals surface area contributed by atoms with Crippen molar-refractivity contribution in [2.45, 2.75) is 83.7 Å². The van der Waals surface area contributed by atoms with Gasteiger partial charge in [-0.15, -0.1) is 11.3 Å². The molecule has 0 aliphatic carbocycles. The fourth-order valence-electron chi connectivity index (χ4n) is 8.57. The quantitative estimate of drug-likeness (QED) is 0.0606. The summed E-state index contributed by atoms with van der Waals surface area (Å²) in [6, 6.07) is 18.1. The number of benzene rings is 3. The molecule has 0 saturated carbocycles. The maximum absolute atomic E-state index is 13.9. The van der Waals surface area contributed by atoms with Crippen LogP contribution < -0.4 is 40.5 Å². The van der Waals surface area contributed by atoms with E-state index in [0.29, 0.717) is 61.4 Å². The first-order chi connectivity index (χ1) is 32.6. The van der Waals surface area contributed by atoms with E-state index in [4.69, 9.17) is 9.47 Å². The lowest BCUT2D eigenvalue weighted by Crippen LogP contribution is -2.42. The molecule has 3 atom stereocenters. The zero-order valence-corrected chi connectivity index (χ0v) is 40.0. The molecule has 5 amide bonds. The standard InChI is InChI=1S/C50H58N8O9S/c1-29(20-35(59)13-8-10-15-45(61)51-3)48(63)52-30(2)40(60)24-36-23-32-21-33(17-18-43(32)68-36)53-49(64)47-55-44(28-57(47)5)54-46(62)16-11-19-67-42-26-39-37(25-41(42)66-6)50(65)58-34(27-56(39)4)22-31-12-7-9-14-38(31)58/h7,9,12,14,17-18,21,23,25-26,28-30,34H,8,10-11,13,15-16,19-20,22,24,27H2,1-6H3,(H,51,61)(H,52,63)(H,53,64)(H,54,62)/t29-,30+,34+/m1/s1. The second-order valence-corrected chi connectivity index (χ2v) is 18.6. The van der Waals surface area contributed by atoms with E-state index in [0.717, 1.165) is 38.3 Å². The Morgan fingerprint density at radius 3 is 2.43 bits per heavy atom. The summed E-state index contributed by atoms with van der Waals surface area (Å²) < 4.78 is 14.2. The van der Waals surface area contributed by atoms with Crippen LogP contribution in [0.5, 0.6) is 11.5 Å². The highest BCUT2D eigenvalue weighted by molar-refractivity contribution is 7.19. The van der Waals surface area contributed by atoms with E-state index in [1.807, 2.05) is 48.3 Å². The molecule has 18 heteroatoms. The predicted octanol–water partition coefficient (Wildman–Crippen LogP) is 6.23. The molecule has 4 N–H and O–H groups in total. The summed E-state index contributed by atoms with van der Waals surface area (Å²) >= 11 is 1.44. The number of imidazole rings is 1. The minimum Gasteiger partial charge on any atom is -0.493 e. The average molecular weight is 947 g/mol. The number of amides is 5. The third-order valence-electron chi connectivity index (χ3n) is 12.2. The molecular weight excluding hydrogens is 889 g/mol. The molecule has 0 unspecified atom stereocenters. The highest BCUT2D eigenvalue weighted by Gasteiger charge is 2.39. The Morgan fingerprint density at radius 2 is 1.65 bits per heavy atom. The number of Topliss-reactive ketones (excluding diaryl/α,β-unsaturated/α-hetero) is 2. The summed E-state index contributed by atoms with van der Waals surface area (Å²) in [4.78, 5) is 99.0. The fraction of sp³-hybridized carbons (Fsp3) is 0.400. The van der Waals surface area contributed by atoms with E-state index in [2.05, 4.69) is 37.2 Å². The van der Waals surface area contributed by atoms with E-state index in [9.17, 15) is 33.6 Å². The van der Waals surface area contributed by atoms with Crippen molar-refractivity contribution in [1.29, 1.82) is 0 Å². The summed E-state index contributed by atoms with van der Waals surface area (Å²) in [6.07, 6.45) is 4.79. The molecule has 0 saturated heterocycles. The minimum atomic E-state index is -0.759. The van der Waals surface area contributed by atoms with Crippen LogP contribution in [0.2, 0.25) is 0 Å². The van der Waals surface area contributed by atoms with Gasteiger partial charge in [-0.1, -0.05) is 25.1 Å². The Bertz CT molecular complexity index is 2750. The lowest BCUT2D eigenvalue weighted by Gasteiger charge is -2.25.